The molecule has 1 atom stereocenters. The molecule has 7 heteroatoms. The molecule has 0 saturated carbocycles. The molecule has 2 heterocycles. The average molecular weight is 439 g/mol. The van der Waals surface area contributed by atoms with Crippen LogP contribution in [0.5, 0.6) is 17.2 Å². The smallest absolute Gasteiger partial charge is 0.251 e. The van der Waals surface area contributed by atoms with Gasteiger partial charge in [0, 0.05) is 13.1 Å². The Hall–Kier alpha value is -3.06. The first-order chi connectivity index (χ1) is 15.6. The molecule has 0 aromatic heterocycles. The number of piperidine rings is 1. The van der Waals surface area contributed by atoms with E-state index >= 15 is 0 Å². The average Bonchev–Trinajstić information content (AvgIpc) is 3.13. The van der Waals surface area contributed by atoms with E-state index in [9.17, 15) is 9.59 Å². The van der Waals surface area contributed by atoms with Crippen molar-refractivity contribution in [3.05, 3.63) is 48.5 Å². The lowest BCUT2D eigenvalue weighted by Gasteiger charge is -2.34. The zero-order valence-electron chi connectivity index (χ0n) is 18.7. The van der Waals surface area contributed by atoms with Gasteiger partial charge in [0.25, 0.3) is 5.91 Å². The second kappa shape index (κ2) is 10.0. The van der Waals surface area contributed by atoms with E-state index in [-0.39, 0.29) is 24.3 Å². The van der Waals surface area contributed by atoms with Gasteiger partial charge in [-0.05, 0) is 67.8 Å². The Kier molecular flexibility index (Phi) is 6.95. The monoisotopic (exact) mass is 438 g/mol. The van der Waals surface area contributed by atoms with Crippen LogP contribution in [0.15, 0.2) is 48.5 Å². The molecule has 2 amide bonds. The number of hydrogen-bond acceptors (Lipinski definition) is 6. The first-order valence-corrected chi connectivity index (χ1v) is 11.2. The first kappa shape index (κ1) is 22.1. The van der Waals surface area contributed by atoms with Crippen molar-refractivity contribution in [2.75, 3.05) is 31.7 Å². The van der Waals surface area contributed by atoms with Crippen LogP contribution in [0.2, 0.25) is 0 Å². The Morgan fingerprint density at radius 1 is 0.906 bits per heavy atom. The van der Waals surface area contributed by atoms with Gasteiger partial charge in [0.2, 0.25) is 5.91 Å². The highest BCUT2D eigenvalue weighted by molar-refractivity contribution is 6.22. The molecule has 2 aliphatic rings. The second-order valence-corrected chi connectivity index (χ2v) is 8.16. The van der Waals surface area contributed by atoms with E-state index in [0.29, 0.717) is 12.3 Å². The maximum Gasteiger partial charge on any atom is 0.251 e. The molecular formula is C25H30N2O5. The summed E-state index contributed by atoms with van der Waals surface area (Å²) < 4.78 is 16.9. The lowest BCUT2D eigenvalue weighted by Crippen LogP contribution is -2.47. The van der Waals surface area contributed by atoms with Crippen molar-refractivity contribution in [2.24, 2.45) is 0 Å². The van der Waals surface area contributed by atoms with Gasteiger partial charge >= 0.3 is 0 Å². The maximum absolute atomic E-state index is 13.1. The number of carbonyl (C=O) groups excluding carboxylic acids is 2. The summed E-state index contributed by atoms with van der Waals surface area (Å²) in [6, 6.07) is 14.3. The summed E-state index contributed by atoms with van der Waals surface area (Å²) in [6.45, 7) is 4.13. The van der Waals surface area contributed by atoms with Crippen LogP contribution in [0.3, 0.4) is 0 Å². The van der Waals surface area contributed by atoms with Crippen molar-refractivity contribution in [3.8, 4) is 17.2 Å². The van der Waals surface area contributed by atoms with Crippen molar-refractivity contribution in [2.45, 2.75) is 44.8 Å². The molecule has 1 unspecified atom stereocenters. The van der Waals surface area contributed by atoms with Crippen LogP contribution in [0.25, 0.3) is 0 Å². The number of nitrogens with zero attached hydrogens (tertiary/aromatic N) is 2. The Labute approximate surface area is 188 Å². The Morgan fingerprint density at radius 3 is 2.16 bits per heavy atom. The summed E-state index contributed by atoms with van der Waals surface area (Å²) in [5.41, 5.74) is 0.601. The van der Waals surface area contributed by atoms with Crippen molar-refractivity contribution in [3.63, 3.8) is 0 Å². The van der Waals surface area contributed by atoms with Crippen LogP contribution in [0, 0.1) is 0 Å². The van der Waals surface area contributed by atoms with Gasteiger partial charge in [0.1, 0.15) is 23.4 Å². The third-order valence-corrected chi connectivity index (χ3v) is 5.97. The quantitative estimate of drug-likeness (QED) is 0.586. The summed E-state index contributed by atoms with van der Waals surface area (Å²) >= 11 is 0. The molecule has 0 bridgehead atoms. The molecule has 7 nitrogen and oxygen atoms in total. The number of benzene rings is 2. The number of rotatable bonds is 8. The molecular weight excluding hydrogens is 408 g/mol. The van der Waals surface area contributed by atoms with Crippen LogP contribution >= 0.6 is 0 Å². The summed E-state index contributed by atoms with van der Waals surface area (Å²) in [6.07, 6.45) is 2.87. The van der Waals surface area contributed by atoms with Crippen LogP contribution in [0.4, 0.5) is 5.69 Å². The number of methoxy groups -OCH3 is 1. The van der Waals surface area contributed by atoms with E-state index in [1.165, 1.54) is 4.90 Å². The van der Waals surface area contributed by atoms with Crippen molar-refractivity contribution < 1.29 is 23.8 Å². The third-order valence-electron chi connectivity index (χ3n) is 5.97. The van der Waals surface area contributed by atoms with Crippen LogP contribution in [-0.2, 0) is 9.59 Å². The van der Waals surface area contributed by atoms with Gasteiger partial charge < -0.3 is 14.2 Å². The Balaban J connectivity index is 1.33. The van der Waals surface area contributed by atoms with Gasteiger partial charge in [-0.2, -0.15) is 0 Å². The fourth-order valence-corrected chi connectivity index (χ4v) is 4.24. The molecule has 170 valence electrons. The van der Waals surface area contributed by atoms with Crippen molar-refractivity contribution in [1.82, 2.24) is 4.90 Å². The largest absolute Gasteiger partial charge is 0.497 e. The number of carbonyl (C=O) groups is 2. The highest BCUT2D eigenvalue weighted by Crippen LogP contribution is 2.29. The van der Waals surface area contributed by atoms with E-state index in [1.807, 2.05) is 31.2 Å². The number of anilines is 1. The number of likely N-dealkylation sites (tertiary alicyclic amines) is 1. The predicted octanol–water partition coefficient (Wildman–Crippen LogP) is 3.66. The minimum Gasteiger partial charge on any atom is -0.497 e. The summed E-state index contributed by atoms with van der Waals surface area (Å²) in [4.78, 5) is 29.2. The van der Waals surface area contributed by atoms with E-state index < -0.39 is 6.04 Å². The normalized spacial score (nSPS) is 19.9. The van der Waals surface area contributed by atoms with Gasteiger partial charge in [0.15, 0.2) is 0 Å². The second-order valence-electron chi connectivity index (χ2n) is 8.16. The fourth-order valence-electron chi connectivity index (χ4n) is 4.24. The van der Waals surface area contributed by atoms with Crippen molar-refractivity contribution >= 4 is 17.5 Å². The lowest BCUT2D eigenvalue weighted by molar-refractivity contribution is -0.123. The maximum atomic E-state index is 13.1. The van der Waals surface area contributed by atoms with Crippen LogP contribution in [-0.4, -0.2) is 55.7 Å². The molecule has 2 aromatic carbocycles. The van der Waals surface area contributed by atoms with Crippen molar-refractivity contribution in [1.29, 1.82) is 0 Å². The van der Waals surface area contributed by atoms with E-state index in [2.05, 4.69) is 4.90 Å². The fraction of sp³-hybridized carbons (Fsp3) is 0.440. The zero-order chi connectivity index (χ0) is 22.5. The molecule has 2 fully saturated rings. The molecule has 0 spiro atoms. The van der Waals surface area contributed by atoms with Gasteiger partial charge in [-0.3, -0.25) is 14.5 Å². The summed E-state index contributed by atoms with van der Waals surface area (Å²) in [5.74, 6) is 2.05. The molecule has 0 N–H and O–H groups in total. The predicted molar refractivity (Wildman–Crippen MR) is 121 cm³/mol. The molecule has 2 aliphatic heterocycles. The number of ether oxygens (including phenoxy) is 3. The SMILES string of the molecule is CCCOc1ccc(N2C(=O)CC(N3CCC(Oc4ccc(OC)cc4)CC3)C2=O)cc1. The van der Waals surface area contributed by atoms with Gasteiger partial charge in [-0.25, -0.2) is 4.90 Å². The van der Waals surface area contributed by atoms with E-state index in [4.69, 9.17) is 14.2 Å². The molecule has 4 rings (SSSR count). The standard InChI is InChI=1S/C25H30N2O5/c1-3-16-31-20-6-4-18(5-7-20)27-24(28)17-23(25(27)29)26-14-12-22(13-15-26)32-21-10-8-19(30-2)9-11-21/h4-11,22-23H,3,12-17H2,1-2H3. The number of hydrogen-bond donors (Lipinski definition) is 0. The Morgan fingerprint density at radius 2 is 1.53 bits per heavy atom. The van der Waals surface area contributed by atoms with Gasteiger partial charge in [-0.1, -0.05) is 6.92 Å². The molecule has 2 aromatic rings. The highest BCUT2D eigenvalue weighted by atomic mass is 16.5. The highest BCUT2D eigenvalue weighted by Gasteiger charge is 2.43. The van der Waals surface area contributed by atoms with Gasteiger partial charge in [0.05, 0.1) is 31.9 Å². The Bertz CT molecular complexity index is 920. The summed E-state index contributed by atoms with van der Waals surface area (Å²) in [5, 5.41) is 0. The van der Waals surface area contributed by atoms with Crippen LogP contribution < -0.4 is 19.1 Å². The summed E-state index contributed by atoms with van der Waals surface area (Å²) in [7, 11) is 1.64. The van der Waals surface area contributed by atoms with E-state index in [1.54, 1.807) is 31.4 Å². The minimum absolute atomic E-state index is 0.0959. The molecule has 0 aliphatic carbocycles. The molecule has 32 heavy (non-hydrogen) atoms. The van der Waals surface area contributed by atoms with Crippen LogP contribution in [0.1, 0.15) is 32.6 Å². The first-order valence-electron chi connectivity index (χ1n) is 11.2. The topological polar surface area (TPSA) is 68.3 Å². The molecule has 0 radical (unpaired) electrons. The van der Waals surface area contributed by atoms with E-state index in [0.717, 1.165) is 49.6 Å². The molecule has 2 saturated heterocycles. The number of amides is 2. The minimum atomic E-state index is -0.402. The third kappa shape index (κ3) is 4.88. The zero-order valence-corrected chi connectivity index (χ0v) is 18.7. The van der Waals surface area contributed by atoms with Gasteiger partial charge in [-0.15, -0.1) is 0 Å². The lowest BCUT2D eigenvalue weighted by atomic mass is 10.0. The number of imide groups is 1.